The number of halogens is 1. The average Bonchev–Trinajstić information content (AvgIpc) is 2.41. The molecule has 0 radical (unpaired) electrons. The molecule has 120 valence electrons. The summed E-state index contributed by atoms with van der Waals surface area (Å²) in [6.45, 7) is 10.1. The Balaban J connectivity index is 2.77. The van der Waals surface area contributed by atoms with Crippen LogP contribution in [0.25, 0.3) is 0 Å². The Labute approximate surface area is 142 Å². The van der Waals surface area contributed by atoms with Crippen molar-refractivity contribution in [3.05, 3.63) is 28.2 Å². The molecule has 4 heteroatoms. The van der Waals surface area contributed by atoms with Gasteiger partial charge in [0.25, 0.3) is 0 Å². The zero-order valence-corrected chi connectivity index (χ0v) is 16.2. The van der Waals surface area contributed by atoms with E-state index in [1.807, 2.05) is 23.9 Å². The van der Waals surface area contributed by atoms with Crippen LogP contribution >= 0.6 is 27.7 Å². The van der Waals surface area contributed by atoms with Gasteiger partial charge in [0.1, 0.15) is 5.75 Å². The van der Waals surface area contributed by atoms with Crippen molar-refractivity contribution in [1.82, 2.24) is 5.32 Å². The van der Waals surface area contributed by atoms with Gasteiger partial charge in [-0.3, -0.25) is 0 Å². The molecule has 0 heterocycles. The Hall–Kier alpha value is -0.190. The van der Waals surface area contributed by atoms with E-state index in [2.05, 4.69) is 55.0 Å². The second-order valence-corrected chi connectivity index (χ2v) is 9.00. The maximum absolute atomic E-state index is 5.50. The molecule has 0 amide bonds. The summed E-state index contributed by atoms with van der Waals surface area (Å²) in [5.41, 5.74) is 1.26. The first kappa shape index (κ1) is 18.9. The van der Waals surface area contributed by atoms with Crippen molar-refractivity contribution in [3.63, 3.8) is 0 Å². The van der Waals surface area contributed by atoms with Crippen molar-refractivity contribution in [3.8, 4) is 5.75 Å². The van der Waals surface area contributed by atoms with Gasteiger partial charge in [0.15, 0.2) is 0 Å². The van der Waals surface area contributed by atoms with Crippen LogP contribution < -0.4 is 10.1 Å². The summed E-state index contributed by atoms with van der Waals surface area (Å²) < 4.78 is 6.90. The maximum atomic E-state index is 5.50. The number of thioether (sulfide) groups is 1. The Bertz CT molecular complexity index is 431. The van der Waals surface area contributed by atoms with Crippen LogP contribution in [0.2, 0.25) is 0 Å². The van der Waals surface area contributed by atoms with E-state index in [1.54, 1.807) is 7.11 Å². The highest BCUT2D eigenvalue weighted by molar-refractivity contribution is 9.10. The third-order valence-electron chi connectivity index (χ3n) is 3.11. The Morgan fingerprint density at radius 1 is 1.33 bits per heavy atom. The van der Waals surface area contributed by atoms with Crippen LogP contribution in [0.3, 0.4) is 0 Å². The third kappa shape index (κ3) is 7.57. The standard InChI is InChI=1S/C17H28BrNOS/c1-6-9-19-15(12-21-17(2,3)4)11-13-10-14(18)7-8-16(13)20-5/h7-8,10,15,19H,6,9,11-12H2,1-5H3. The van der Waals surface area contributed by atoms with E-state index in [1.165, 1.54) is 5.56 Å². The molecule has 0 aliphatic heterocycles. The zero-order valence-electron chi connectivity index (χ0n) is 13.8. The molecule has 0 aliphatic carbocycles. The van der Waals surface area contributed by atoms with E-state index in [-0.39, 0.29) is 0 Å². The molecule has 1 N–H and O–H groups in total. The number of nitrogens with one attached hydrogen (secondary N) is 1. The lowest BCUT2D eigenvalue weighted by molar-refractivity contribution is 0.406. The molecule has 0 bridgehead atoms. The number of rotatable bonds is 8. The van der Waals surface area contributed by atoms with Gasteiger partial charge in [-0.2, -0.15) is 11.8 Å². The molecule has 1 aromatic carbocycles. The zero-order chi connectivity index (χ0) is 15.9. The third-order valence-corrected chi connectivity index (χ3v) is 5.04. The summed E-state index contributed by atoms with van der Waals surface area (Å²) in [5.74, 6) is 2.08. The Morgan fingerprint density at radius 2 is 2.05 bits per heavy atom. The van der Waals surface area contributed by atoms with Crippen molar-refractivity contribution < 1.29 is 4.74 Å². The van der Waals surface area contributed by atoms with Crippen molar-refractivity contribution in [2.45, 2.75) is 51.3 Å². The van der Waals surface area contributed by atoms with Crippen molar-refractivity contribution in [2.75, 3.05) is 19.4 Å². The predicted octanol–water partition coefficient (Wildman–Crippen LogP) is 4.90. The van der Waals surface area contributed by atoms with Gasteiger partial charge >= 0.3 is 0 Å². The molecule has 0 aromatic heterocycles. The van der Waals surface area contributed by atoms with Gasteiger partial charge in [0.2, 0.25) is 0 Å². The van der Waals surface area contributed by atoms with Crippen LogP contribution in [-0.4, -0.2) is 30.2 Å². The van der Waals surface area contributed by atoms with Gasteiger partial charge in [-0.05, 0) is 43.1 Å². The summed E-state index contributed by atoms with van der Waals surface area (Å²) >= 11 is 5.57. The number of hydrogen-bond donors (Lipinski definition) is 1. The lowest BCUT2D eigenvalue weighted by Crippen LogP contribution is -2.35. The monoisotopic (exact) mass is 373 g/mol. The lowest BCUT2D eigenvalue weighted by atomic mass is 10.1. The van der Waals surface area contributed by atoms with Gasteiger partial charge in [0, 0.05) is 21.0 Å². The van der Waals surface area contributed by atoms with E-state index in [0.29, 0.717) is 10.8 Å². The molecular weight excluding hydrogens is 346 g/mol. The highest BCUT2D eigenvalue weighted by Gasteiger charge is 2.17. The minimum Gasteiger partial charge on any atom is -0.496 e. The molecule has 1 atom stereocenters. The van der Waals surface area contributed by atoms with Gasteiger partial charge in [-0.25, -0.2) is 0 Å². The van der Waals surface area contributed by atoms with E-state index >= 15 is 0 Å². The molecule has 0 saturated carbocycles. The minimum atomic E-state index is 0.299. The largest absolute Gasteiger partial charge is 0.496 e. The van der Waals surface area contributed by atoms with Gasteiger partial charge in [-0.15, -0.1) is 0 Å². The number of methoxy groups -OCH3 is 1. The SMILES string of the molecule is CCCNC(CSC(C)(C)C)Cc1cc(Br)ccc1OC. The second-order valence-electron chi connectivity index (χ2n) is 6.23. The predicted molar refractivity (Wildman–Crippen MR) is 98.7 cm³/mol. The summed E-state index contributed by atoms with van der Waals surface area (Å²) in [4.78, 5) is 0. The van der Waals surface area contributed by atoms with Crippen molar-refractivity contribution >= 4 is 27.7 Å². The molecule has 0 aliphatic rings. The fourth-order valence-electron chi connectivity index (χ4n) is 2.06. The number of benzene rings is 1. The Morgan fingerprint density at radius 3 is 2.62 bits per heavy atom. The van der Waals surface area contributed by atoms with Crippen LogP contribution in [0.1, 0.15) is 39.7 Å². The molecular formula is C17H28BrNOS. The Kier molecular flexibility index (Phi) is 8.14. The number of hydrogen-bond acceptors (Lipinski definition) is 3. The quantitative estimate of drug-likeness (QED) is 0.699. The van der Waals surface area contributed by atoms with Crippen LogP contribution in [0.15, 0.2) is 22.7 Å². The molecule has 1 rings (SSSR count). The lowest BCUT2D eigenvalue weighted by Gasteiger charge is -2.24. The molecule has 0 saturated heterocycles. The van der Waals surface area contributed by atoms with Crippen molar-refractivity contribution in [1.29, 1.82) is 0 Å². The smallest absolute Gasteiger partial charge is 0.122 e. The molecule has 21 heavy (non-hydrogen) atoms. The van der Waals surface area contributed by atoms with Gasteiger partial charge < -0.3 is 10.1 Å². The van der Waals surface area contributed by atoms with Crippen LogP contribution in [-0.2, 0) is 6.42 Å². The topological polar surface area (TPSA) is 21.3 Å². The molecule has 1 aromatic rings. The molecule has 0 spiro atoms. The van der Waals surface area contributed by atoms with Crippen LogP contribution in [0.4, 0.5) is 0 Å². The fraction of sp³-hybridized carbons (Fsp3) is 0.647. The average molecular weight is 374 g/mol. The second kappa shape index (κ2) is 9.06. The number of ether oxygens (including phenoxy) is 1. The van der Waals surface area contributed by atoms with Gasteiger partial charge in [0.05, 0.1) is 7.11 Å². The highest BCUT2D eigenvalue weighted by Crippen LogP contribution is 2.27. The van der Waals surface area contributed by atoms with Gasteiger partial charge in [-0.1, -0.05) is 43.6 Å². The molecule has 0 fully saturated rings. The summed E-state index contributed by atoms with van der Waals surface area (Å²) in [6.07, 6.45) is 2.15. The summed E-state index contributed by atoms with van der Waals surface area (Å²) in [6, 6.07) is 6.70. The normalized spacial score (nSPS) is 13.2. The van der Waals surface area contributed by atoms with E-state index in [0.717, 1.165) is 35.4 Å². The molecule has 2 nitrogen and oxygen atoms in total. The van der Waals surface area contributed by atoms with E-state index in [9.17, 15) is 0 Å². The molecule has 1 unspecified atom stereocenters. The first-order valence-electron chi connectivity index (χ1n) is 7.55. The first-order valence-corrected chi connectivity index (χ1v) is 9.33. The van der Waals surface area contributed by atoms with Crippen LogP contribution in [0, 0.1) is 0 Å². The summed E-state index contributed by atoms with van der Waals surface area (Å²) in [7, 11) is 1.74. The van der Waals surface area contributed by atoms with Crippen molar-refractivity contribution in [2.24, 2.45) is 0 Å². The minimum absolute atomic E-state index is 0.299. The highest BCUT2D eigenvalue weighted by atomic mass is 79.9. The fourth-order valence-corrected chi connectivity index (χ4v) is 3.41. The summed E-state index contributed by atoms with van der Waals surface area (Å²) in [5, 5.41) is 3.67. The van der Waals surface area contributed by atoms with E-state index in [4.69, 9.17) is 4.74 Å². The maximum Gasteiger partial charge on any atom is 0.122 e. The first-order chi connectivity index (χ1) is 9.85. The van der Waals surface area contributed by atoms with Crippen LogP contribution in [0.5, 0.6) is 5.75 Å². The van der Waals surface area contributed by atoms with E-state index < -0.39 is 0 Å².